The minimum absolute atomic E-state index is 0.174. The molecule has 0 aliphatic carbocycles. The summed E-state index contributed by atoms with van der Waals surface area (Å²) in [5.74, 6) is -0.388. The van der Waals surface area contributed by atoms with Gasteiger partial charge in [-0.3, -0.25) is 4.79 Å². The maximum absolute atomic E-state index is 12.3. The summed E-state index contributed by atoms with van der Waals surface area (Å²) >= 11 is 0. The molecule has 0 bridgehead atoms. The molecular formula is C18H26N2O5. The van der Waals surface area contributed by atoms with Gasteiger partial charge >= 0.3 is 12.0 Å². The van der Waals surface area contributed by atoms with Crippen molar-refractivity contribution in [2.75, 3.05) is 33.4 Å². The number of piperidine rings is 1. The Hall–Kier alpha value is -2.28. The van der Waals surface area contributed by atoms with Crippen LogP contribution < -0.4 is 10.1 Å². The van der Waals surface area contributed by atoms with Crippen LogP contribution in [0.4, 0.5) is 4.79 Å². The number of ether oxygens (including phenoxy) is 2. The third-order valence-corrected chi connectivity index (χ3v) is 4.33. The van der Waals surface area contributed by atoms with Crippen LogP contribution in [0.15, 0.2) is 18.2 Å². The maximum atomic E-state index is 12.3. The minimum Gasteiger partial charge on any atom is -0.491 e. The molecule has 0 atom stereocenters. The SMILES string of the molecule is COCCOc1cc(C)ccc1CNC(=O)N1CCC(C(=O)O)CC1. The van der Waals surface area contributed by atoms with E-state index in [1.165, 1.54) is 0 Å². The fraction of sp³-hybridized carbons (Fsp3) is 0.556. The highest BCUT2D eigenvalue weighted by Gasteiger charge is 2.26. The molecule has 7 heteroatoms. The number of carbonyl (C=O) groups excluding carboxylic acids is 1. The molecule has 1 aliphatic heterocycles. The van der Waals surface area contributed by atoms with E-state index in [9.17, 15) is 9.59 Å². The number of benzene rings is 1. The summed E-state index contributed by atoms with van der Waals surface area (Å²) in [6.07, 6.45) is 0.997. The van der Waals surface area contributed by atoms with Crippen LogP contribution >= 0.6 is 0 Å². The maximum Gasteiger partial charge on any atom is 0.317 e. The highest BCUT2D eigenvalue weighted by atomic mass is 16.5. The molecule has 2 N–H and O–H groups in total. The van der Waals surface area contributed by atoms with E-state index in [4.69, 9.17) is 14.6 Å². The first kappa shape index (κ1) is 19.1. The van der Waals surface area contributed by atoms with E-state index >= 15 is 0 Å². The molecule has 1 fully saturated rings. The highest BCUT2D eigenvalue weighted by Crippen LogP contribution is 2.21. The lowest BCUT2D eigenvalue weighted by molar-refractivity contribution is -0.143. The van der Waals surface area contributed by atoms with Gasteiger partial charge in [0.2, 0.25) is 0 Å². The van der Waals surface area contributed by atoms with Crippen LogP contribution in [0.2, 0.25) is 0 Å². The lowest BCUT2D eigenvalue weighted by Gasteiger charge is -2.30. The Bertz CT molecular complexity index is 597. The van der Waals surface area contributed by atoms with E-state index in [2.05, 4.69) is 5.32 Å². The zero-order valence-electron chi connectivity index (χ0n) is 14.8. The van der Waals surface area contributed by atoms with Crippen molar-refractivity contribution in [3.8, 4) is 5.75 Å². The van der Waals surface area contributed by atoms with E-state index in [1.807, 2.05) is 25.1 Å². The molecular weight excluding hydrogens is 324 g/mol. The molecule has 1 aromatic rings. The zero-order chi connectivity index (χ0) is 18.2. The second kappa shape index (κ2) is 9.27. The van der Waals surface area contributed by atoms with Crippen molar-refractivity contribution >= 4 is 12.0 Å². The van der Waals surface area contributed by atoms with Crippen molar-refractivity contribution in [2.45, 2.75) is 26.3 Å². The summed E-state index contributed by atoms with van der Waals surface area (Å²) in [6.45, 7) is 4.22. The third kappa shape index (κ3) is 5.63. The van der Waals surface area contributed by atoms with Crippen LogP contribution in [-0.4, -0.2) is 55.4 Å². The quantitative estimate of drug-likeness (QED) is 0.735. The number of aliphatic carboxylic acids is 1. The molecule has 0 spiro atoms. The van der Waals surface area contributed by atoms with Gasteiger partial charge in [0.05, 0.1) is 12.5 Å². The van der Waals surface area contributed by atoms with Gasteiger partial charge in [-0.05, 0) is 31.4 Å². The lowest BCUT2D eigenvalue weighted by atomic mass is 9.97. The number of rotatable bonds is 7. The number of methoxy groups -OCH3 is 1. The summed E-state index contributed by atoms with van der Waals surface area (Å²) in [6, 6.07) is 5.68. The Kier molecular flexibility index (Phi) is 7.06. The molecule has 0 saturated carbocycles. The number of carbonyl (C=O) groups is 2. The van der Waals surface area contributed by atoms with Gasteiger partial charge in [-0.25, -0.2) is 4.79 Å². The second-order valence-corrected chi connectivity index (χ2v) is 6.21. The number of aryl methyl sites for hydroxylation is 1. The first-order valence-electron chi connectivity index (χ1n) is 8.48. The molecule has 1 aliphatic rings. The number of nitrogens with one attached hydrogen (secondary N) is 1. The Morgan fingerprint density at radius 2 is 2.00 bits per heavy atom. The molecule has 7 nitrogen and oxygen atoms in total. The summed E-state index contributed by atoms with van der Waals surface area (Å²) in [7, 11) is 1.62. The number of carboxylic acid groups (broad SMARTS) is 1. The van der Waals surface area contributed by atoms with E-state index in [1.54, 1.807) is 12.0 Å². The number of nitrogens with zero attached hydrogens (tertiary/aromatic N) is 1. The molecule has 0 radical (unpaired) electrons. The van der Waals surface area contributed by atoms with E-state index in [0.717, 1.165) is 16.9 Å². The Labute approximate surface area is 147 Å². The molecule has 2 rings (SSSR count). The second-order valence-electron chi connectivity index (χ2n) is 6.21. The van der Waals surface area contributed by atoms with Crippen molar-refractivity contribution in [3.63, 3.8) is 0 Å². The van der Waals surface area contributed by atoms with E-state index in [-0.39, 0.29) is 11.9 Å². The van der Waals surface area contributed by atoms with Gasteiger partial charge in [0.25, 0.3) is 0 Å². The van der Waals surface area contributed by atoms with Gasteiger partial charge in [-0.2, -0.15) is 0 Å². The number of likely N-dealkylation sites (tertiary alicyclic amines) is 1. The highest BCUT2D eigenvalue weighted by molar-refractivity contribution is 5.75. The largest absolute Gasteiger partial charge is 0.491 e. The summed E-state index contributed by atoms with van der Waals surface area (Å²) < 4.78 is 10.7. The average Bonchev–Trinajstić information content (AvgIpc) is 2.61. The Morgan fingerprint density at radius 3 is 2.64 bits per heavy atom. The molecule has 0 unspecified atom stereocenters. The molecule has 1 aromatic carbocycles. The predicted molar refractivity (Wildman–Crippen MR) is 92.7 cm³/mol. The monoisotopic (exact) mass is 350 g/mol. The van der Waals surface area contributed by atoms with Crippen LogP contribution in [0.1, 0.15) is 24.0 Å². The third-order valence-electron chi connectivity index (χ3n) is 4.33. The van der Waals surface area contributed by atoms with Crippen LogP contribution in [0.5, 0.6) is 5.75 Å². The molecule has 2 amide bonds. The smallest absolute Gasteiger partial charge is 0.317 e. The van der Waals surface area contributed by atoms with Gasteiger partial charge in [0.1, 0.15) is 12.4 Å². The Morgan fingerprint density at radius 1 is 1.28 bits per heavy atom. The molecule has 1 saturated heterocycles. The zero-order valence-corrected chi connectivity index (χ0v) is 14.8. The van der Waals surface area contributed by atoms with Crippen molar-refractivity contribution in [1.29, 1.82) is 0 Å². The van der Waals surface area contributed by atoms with Crippen LogP contribution in [0.25, 0.3) is 0 Å². The first-order valence-corrected chi connectivity index (χ1v) is 8.48. The first-order chi connectivity index (χ1) is 12.0. The molecule has 1 heterocycles. The van der Waals surface area contributed by atoms with Gasteiger partial charge in [0.15, 0.2) is 0 Å². The van der Waals surface area contributed by atoms with Gasteiger partial charge in [0, 0.05) is 32.3 Å². The van der Waals surface area contributed by atoms with Crippen LogP contribution in [0.3, 0.4) is 0 Å². The number of amides is 2. The minimum atomic E-state index is -0.780. The van der Waals surface area contributed by atoms with Gasteiger partial charge in [-0.15, -0.1) is 0 Å². The normalized spacial score (nSPS) is 15.0. The lowest BCUT2D eigenvalue weighted by Crippen LogP contribution is -2.45. The molecule has 138 valence electrons. The predicted octanol–water partition coefficient (Wildman–Crippen LogP) is 2.03. The molecule has 0 aromatic heterocycles. The number of hydrogen-bond donors (Lipinski definition) is 2. The van der Waals surface area contributed by atoms with Gasteiger partial charge in [-0.1, -0.05) is 12.1 Å². The number of carboxylic acids is 1. The Balaban J connectivity index is 1.88. The van der Waals surface area contributed by atoms with Crippen LogP contribution in [-0.2, 0) is 16.1 Å². The van der Waals surface area contributed by atoms with Gasteiger partial charge < -0.3 is 24.8 Å². The standard InChI is InChI=1S/C18H26N2O5/c1-13-3-4-15(16(11-13)25-10-9-24-2)12-19-18(23)20-7-5-14(6-8-20)17(21)22/h3-4,11,14H,5-10,12H2,1-2H3,(H,19,23)(H,21,22). The average molecular weight is 350 g/mol. The number of urea groups is 1. The van der Waals surface area contributed by atoms with Crippen molar-refractivity contribution < 1.29 is 24.2 Å². The van der Waals surface area contributed by atoms with Crippen molar-refractivity contribution in [3.05, 3.63) is 29.3 Å². The van der Waals surface area contributed by atoms with Crippen LogP contribution in [0, 0.1) is 12.8 Å². The van der Waals surface area contributed by atoms with E-state index in [0.29, 0.717) is 45.7 Å². The summed E-state index contributed by atoms with van der Waals surface area (Å²) in [4.78, 5) is 24.9. The summed E-state index contributed by atoms with van der Waals surface area (Å²) in [5.41, 5.74) is 1.98. The number of hydrogen-bond acceptors (Lipinski definition) is 4. The topological polar surface area (TPSA) is 88.1 Å². The molecule has 25 heavy (non-hydrogen) atoms. The fourth-order valence-corrected chi connectivity index (χ4v) is 2.79. The fourth-order valence-electron chi connectivity index (χ4n) is 2.79. The van der Waals surface area contributed by atoms with Crippen molar-refractivity contribution in [1.82, 2.24) is 10.2 Å². The summed E-state index contributed by atoms with van der Waals surface area (Å²) in [5, 5.41) is 11.9. The van der Waals surface area contributed by atoms with E-state index < -0.39 is 5.97 Å². The van der Waals surface area contributed by atoms with Crippen molar-refractivity contribution in [2.24, 2.45) is 5.92 Å².